The number of anilines is 2. The summed E-state index contributed by atoms with van der Waals surface area (Å²) in [6.45, 7) is 22.5. The zero-order valence-electron chi connectivity index (χ0n) is 36.3. The lowest BCUT2D eigenvalue weighted by Crippen LogP contribution is -2.74. The van der Waals surface area contributed by atoms with Crippen LogP contribution >= 0.6 is 11.6 Å². The molecule has 3 aromatic rings. The molecule has 62 heavy (non-hydrogen) atoms. The quantitative estimate of drug-likeness (QED) is 0.240. The SMILES string of the molecule is C=C1NC(=O)CCC1N1C(=C)c2ccc(N3CCN([C@H]4CC[C@@H]5CN(c6ccc(C(=O)NC7C(C)(C)C(Oc8ccc(C#N)c(Cl)c8)C7(C)C)cn6)CC[C@@H]5C4)CC3)cc2C1=O. The first kappa shape index (κ1) is 41.9. The number of carbonyl (C=O) groups is 3. The zero-order chi connectivity index (χ0) is 43.7. The van der Waals surface area contributed by atoms with Gasteiger partial charge in [-0.25, -0.2) is 4.98 Å². The number of hydrogen-bond donors (Lipinski definition) is 2. The van der Waals surface area contributed by atoms with Gasteiger partial charge in [-0.3, -0.25) is 24.2 Å². The van der Waals surface area contributed by atoms with Crippen molar-refractivity contribution in [2.24, 2.45) is 22.7 Å². The van der Waals surface area contributed by atoms with Crippen molar-refractivity contribution in [3.8, 4) is 11.8 Å². The van der Waals surface area contributed by atoms with Crippen LogP contribution < -0.4 is 25.2 Å². The van der Waals surface area contributed by atoms with E-state index in [-0.39, 0.29) is 46.7 Å². The lowest BCUT2D eigenvalue weighted by molar-refractivity contribution is -0.164. The predicted octanol–water partition coefficient (Wildman–Crippen LogP) is 7.25. The lowest BCUT2D eigenvalue weighted by atomic mass is 9.49. The highest BCUT2D eigenvalue weighted by molar-refractivity contribution is 6.31. The Kier molecular flexibility index (Phi) is 10.9. The van der Waals surface area contributed by atoms with Gasteiger partial charge < -0.3 is 25.2 Å². The van der Waals surface area contributed by atoms with Crippen LogP contribution in [-0.2, 0) is 4.79 Å². The highest BCUT2D eigenvalue weighted by Crippen LogP contribution is 2.56. The fourth-order valence-electron chi connectivity index (χ4n) is 11.9. The number of aromatic nitrogens is 1. The van der Waals surface area contributed by atoms with Gasteiger partial charge in [-0.2, -0.15) is 5.26 Å². The number of piperazine rings is 1. The van der Waals surface area contributed by atoms with Crippen molar-refractivity contribution in [3.05, 3.63) is 101 Å². The first-order valence-corrected chi connectivity index (χ1v) is 22.5. The summed E-state index contributed by atoms with van der Waals surface area (Å²) in [6, 6.07) is 17.4. The van der Waals surface area contributed by atoms with E-state index in [4.69, 9.17) is 21.3 Å². The van der Waals surface area contributed by atoms with Gasteiger partial charge in [0, 0.05) is 104 Å². The molecule has 6 aliphatic rings. The number of halogens is 1. The second-order valence-corrected chi connectivity index (χ2v) is 19.8. The highest BCUT2D eigenvalue weighted by atomic mass is 35.5. The number of fused-ring (bicyclic) bond motifs is 2. The van der Waals surface area contributed by atoms with E-state index in [1.165, 1.54) is 19.3 Å². The normalized spacial score (nSPS) is 28.0. The third-order valence-corrected chi connectivity index (χ3v) is 15.3. The smallest absolute Gasteiger partial charge is 0.259 e. The first-order chi connectivity index (χ1) is 29.6. The molecule has 3 amide bonds. The molecule has 2 aromatic carbocycles. The van der Waals surface area contributed by atoms with E-state index in [1.807, 2.05) is 24.3 Å². The fourth-order valence-corrected chi connectivity index (χ4v) is 12.1. The van der Waals surface area contributed by atoms with Gasteiger partial charge >= 0.3 is 0 Å². The molecule has 324 valence electrons. The van der Waals surface area contributed by atoms with Crippen molar-refractivity contribution < 1.29 is 19.1 Å². The maximum atomic E-state index is 13.7. The Hall–Kier alpha value is -5.38. The molecule has 2 aliphatic carbocycles. The van der Waals surface area contributed by atoms with E-state index in [9.17, 15) is 19.6 Å². The van der Waals surface area contributed by atoms with Crippen LogP contribution in [0.2, 0.25) is 5.02 Å². The Labute approximate surface area is 369 Å². The third kappa shape index (κ3) is 7.41. The first-order valence-electron chi connectivity index (χ1n) is 22.2. The molecule has 4 aliphatic heterocycles. The number of nitrogens with one attached hydrogen (secondary N) is 2. The standard InChI is InChI=1S/C49H57ClN8O4/c1-29-41(14-16-43(59)53-29)58-30(2)38-13-11-36(24-39(38)45(58)61)56-21-19-55(20-22-56)35-10-7-34-28-57(18-17-31(34)23-35)42-15-9-33(27-52-42)44(60)54-46-48(3,4)47(49(46,5)6)62-37-12-8-32(26-51)40(50)25-37/h8-9,11-13,15,24-25,27,31,34-35,41,46-47H,1-2,7,10,14,16-23,28H2,3-6H3,(H,53,59)(H,54,60)/t31-,34-,35+,41?,46?,47?/m1/s1. The van der Waals surface area contributed by atoms with Gasteiger partial charge in [0.2, 0.25) is 5.91 Å². The van der Waals surface area contributed by atoms with Gasteiger partial charge in [0.1, 0.15) is 23.7 Å². The van der Waals surface area contributed by atoms with Gasteiger partial charge in [0.15, 0.2) is 0 Å². The maximum Gasteiger partial charge on any atom is 0.259 e. The summed E-state index contributed by atoms with van der Waals surface area (Å²) in [5, 5.41) is 15.7. The Morgan fingerprint density at radius 3 is 2.39 bits per heavy atom. The van der Waals surface area contributed by atoms with Crippen molar-refractivity contribution in [1.29, 1.82) is 5.26 Å². The molecule has 0 bridgehead atoms. The maximum absolute atomic E-state index is 13.7. The number of amides is 3. The highest BCUT2D eigenvalue weighted by Gasteiger charge is 2.64. The molecule has 1 unspecified atom stereocenters. The van der Waals surface area contributed by atoms with Crippen molar-refractivity contribution in [2.75, 3.05) is 49.1 Å². The number of hydrogen-bond acceptors (Lipinski definition) is 9. The van der Waals surface area contributed by atoms with Gasteiger partial charge in [-0.1, -0.05) is 58.5 Å². The van der Waals surface area contributed by atoms with E-state index < -0.39 is 0 Å². The number of benzene rings is 2. The number of carbonyl (C=O) groups excluding carboxylic acids is 3. The average Bonchev–Trinajstić information content (AvgIpc) is 3.51. The fraction of sp³-hybridized carbons (Fsp3) is 0.490. The largest absolute Gasteiger partial charge is 0.489 e. The van der Waals surface area contributed by atoms with Crippen LogP contribution in [0.25, 0.3) is 5.70 Å². The number of nitriles is 1. The van der Waals surface area contributed by atoms with Gasteiger partial charge in [-0.05, 0) is 80.3 Å². The summed E-state index contributed by atoms with van der Waals surface area (Å²) in [5.41, 5.74) is 4.06. The molecule has 5 fully saturated rings. The van der Waals surface area contributed by atoms with E-state index in [0.29, 0.717) is 69.6 Å². The molecule has 12 nitrogen and oxygen atoms in total. The van der Waals surface area contributed by atoms with E-state index in [1.54, 1.807) is 29.3 Å². The summed E-state index contributed by atoms with van der Waals surface area (Å²) < 4.78 is 6.40. The van der Waals surface area contributed by atoms with Crippen molar-refractivity contribution in [1.82, 2.24) is 25.4 Å². The van der Waals surface area contributed by atoms with Crippen LogP contribution in [0.3, 0.4) is 0 Å². The molecule has 5 heterocycles. The van der Waals surface area contributed by atoms with Crippen LogP contribution in [0.5, 0.6) is 5.75 Å². The minimum Gasteiger partial charge on any atom is -0.489 e. The topological polar surface area (TPSA) is 134 Å². The van der Waals surface area contributed by atoms with E-state index in [0.717, 1.165) is 62.8 Å². The molecule has 13 heteroatoms. The molecule has 0 spiro atoms. The molecule has 3 saturated heterocycles. The van der Waals surface area contributed by atoms with Gasteiger partial charge in [-0.15, -0.1) is 0 Å². The second kappa shape index (κ2) is 16.1. The monoisotopic (exact) mass is 856 g/mol. The summed E-state index contributed by atoms with van der Waals surface area (Å²) >= 11 is 6.27. The number of piperidine rings is 2. The molecule has 4 atom stereocenters. The number of nitrogens with zero attached hydrogens (tertiary/aromatic N) is 6. The molecule has 1 aromatic heterocycles. The van der Waals surface area contributed by atoms with Crippen LogP contribution in [0.15, 0.2) is 73.6 Å². The zero-order valence-corrected chi connectivity index (χ0v) is 37.0. The minimum absolute atomic E-state index is 0.0589. The van der Waals surface area contributed by atoms with Crippen LogP contribution in [0.4, 0.5) is 11.5 Å². The molecule has 2 N–H and O–H groups in total. The minimum atomic E-state index is -0.356. The van der Waals surface area contributed by atoms with Crippen molar-refractivity contribution in [3.63, 3.8) is 0 Å². The number of pyridine rings is 1. The van der Waals surface area contributed by atoms with Crippen molar-refractivity contribution >= 4 is 46.5 Å². The Bertz CT molecular complexity index is 2350. The molecular weight excluding hydrogens is 800 g/mol. The Balaban J connectivity index is 0.746. The Morgan fingerprint density at radius 1 is 0.919 bits per heavy atom. The predicted molar refractivity (Wildman–Crippen MR) is 241 cm³/mol. The summed E-state index contributed by atoms with van der Waals surface area (Å²) in [6.07, 6.45) is 7.20. The summed E-state index contributed by atoms with van der Waals surface area (Å²) in [4.78, 5) is 53.2. The van der Waals surface area contributed by atoms with Crippen LogP contribution in [0.1, 0.15) is 98.1 Å². The molecule has 0 radical (unpaired) electrons. The molecule has 2 saturated carbocycles. The van der Waals surface area contributed by atoms with Gasteiger partial charge in [0.05, 0.1) is 27.8 Å². The summed E-state index contributed by atoms with van der Waals surface area (Å²) in [5.74, 6) is 2.58. The molecule has 9 rings (SSSR count). The molecular formula is C49H57ClN8O4. The van der Waals surface area contributed by atoms with E-state index >= 15 is 0 Å². The number of rotatable bonds is 8. The third-order valence-electron chi connectivity index (χ3n) is 15.0. The van der Waals surface area contributed by atoms with Crippen molar-refractivity contribution in [2.45, 2.75) is 90.4 Å². The lowest BCUT2D eigenvalue weighted by Gasteiger charge is -2.63. The van der Waals surface area contributed by atoms with Crippen LogP contribution in [0, 0.1) is 34.0 Å². The van der Waals surface area contributed by atoms with E-state index in [2.05, 4.69) is 78.3 Å². The summed E-state index contributed by atoms with van der Waals surface area (Å²) in [7, 11) is 0. The Morgan fingerprint density at radius 2 is 1.69 bits per heavy atom. The van der Waals surface area contributed by atoms with Crippen LogP contribution in [-0.4, -0.2) is 96.0 Å². The van der Waals surface area contributed by atoms with Gasteiger partial charge in [0.25, 0.3) is 11.8 Å². The second-order valence-electron chi connectivity index (χ2n) is 19.4. The number of ether oxygens (including phenoxy) is 1. The average molecular weight is 857 g/mol.